The van der Waals surface area contributed by atoms with Crippen molar-refractivity contribution in [2.45, 2.75) is 120 Å². The fraction of sp³-hybridized carbons (Fsp3) is 0.275. The Morgan fingerprint density at radius 3 is 1.41 bits per heavy atom. The second-order valence-electron chi connectivity index (χ2n) is 22.2. The first-order valence-corrected chi connectivity index (χ1v) is 26.7. The Kier molecular flexibility index (Phi) is 13.2. The van der Waals surface area contributed by atoms with Gasteiger partial charge in [0, 0.05) is 16.7 Å². The first kappa shape index (κ1) is 49.3. The van der Waals surface area contributed by atoms with Crippen molar-refractivity contribution < 1.29 is 4.57 Å². The third kappa shape index (κ3) is 8.83. The van der Waals surface area contributed by atoms with Gasteiger partial charge in [0.1, 0.15) is 11.5 Å². The van der Waals surface area contributed by atoms with E-state index in [0.717, 1.165) is 22.4 Å². The molecule has 4 heteroatoms. The zero-order valence-electron chi connectivity index (χ0n) is 45.7. The molecule has 0 aliphatic rings. The number of hydrogen-bond donors (Lipinski definition) is 0. The lowest BCUT2D eigenvalue weighted by atomic mass is 9.88. The summed E-state index contributed by atoms with van der Waals surface area (Å²) in [7, 11) is 2.27. The maximum Gasteiger partial charge on any atom is 0.295 e. The molecule has 0 fully saturated rings. The average molecular weight is 958 g/mol. The highest BCUT2D eigenvalue weighted by Gasteiger charge is 2.33. The van der Waals surface area contributed by atoms with Crippen molar-refractivity contribution in [3.63, 3.8) is 0 Å². The molecule has 368 valence electrons. The van der Waals surface area contributed by atoms with Crippen LogP contribution in [0.2, 0.25) is 0 Å². The van der Waals surface area contributed by atoms with Crippen molar-refractivity contribution in [1.82, 2.24) is 14.1 Å². The highest BCUT2D eigenvalue weighted by Crippen LogP contribution is 2.44. The second kappa shape index (κ2) is 19.6. The second-order valence-corrected chi connectivity index (χ2v) is 22.2. The van der Waals surface area contributed by atoms with Gasteiger partial charge in [-0.05, 0) is 184 Å². The normalized spacial score (nSPS) is 12.0. The zero-order chi connectivity index (χ0) is 51.6. The summed E-state index contributed by atoms with van der Waals surface area (Å²) in [6.07, 6.45) is 0. The monoisotopic (exact) mass is 958 g/mol. The van der Waals surface area contributed by atoms with Gasteiger partial charge < -0.3 is 0 Å². The maximum atomic E-state index is 5.51. The van der Waals surface area contributed by atoms with E-state index in [4.69, 9.17) is 4.98 Å². The molecule has 0 saturated heterocycles. The van der Waals surface area contributed by atoms with Gasteiger partial charge in [-0.2, -0.15) is 4.57 Å². The first-order valence-electron chi connectivity index (χ1n) is 26.7. The van der Waals surface area contributed by atoms with E-state index >= 15 is 0 Å². The van der Waals surface area contributed by atoms with Crippen molar-refractivity contribution in [3.05, 3.63) is 202 Å². The van der Waals surface area contributed by atoms with Gasteiger partial charge >= 0.3 is 0 Å². The number of para-hydroxylation sites is 2. The van der Waals surface area contributed by atoms with Gasteiger partial charge in [0.15, 0.2) is 11.0 Å². The van der Waals surface area contributed by atoms with Crippen LogP contribution in [0.1, 0.15) is 143 Å². The quantitative estimate of drug-likeness (QED) is 0.112. The molecular formula is C69H73N4+. The van der Waals surface area contributed by atoms with Gasteiger partial charge in [0.25, 0.3) is 5.82 Å². The van der Waals surface area contributed by atoms with Crippen LogP contribution in [0.4, 0.5) is 0 Å². The average Bonchev–Trinajstić information content (AvgIpc) is 3.90. The Bertz CT molecular complexity index is 3630. The molecule has 0 spiro atoms. The number of rotatable bonds is 12. The predicted molar refractivity (Wildman–Crippen MR) is 311 cm³/mol. The minimum absolute atomic E-state index is 0.285. The van der Waals surface area contributed by atoms with Crippen molar-refractivity contribution in [2.24, 2.45) is 7.05 Å². The van der Waals surface area contributed by atoms with Crippen LogP contribution in [0.5, 0.6) is 0 Å². The van der Waals surface area contributed by atoms with E-state index < -0.39 is 0 Å². The lowest BCUT2D eigenvalue weighted by molar-refractivity contribution is -0.633. The SMILES string of the molecule is Cc1cc(-c2nc3ccccc3n2-c2c(C(C)C)cc(-c3ccccc3)cc2C(C)C)c(C)cc1-c1ccc2c(c1)[n+](C)c(-c1cc(C(C)C)ccc1C)n2-c1c(C(C)C)cc(-c2ccccc2)cc1C(C)C. The van der Waals surface area contributed by atoms with E-state index in [1.54, 1.807) is 0 Å². The van der Waals surface area contributed by atoms with Crippen LogP contribution in [0.3, 0.4) is 0 Å². The summed E-state index contributed by atoms with van der Waals surface area (Å²) in [5.41, 5.74) is 27.3. The highest BCUT2D eigenvalue weighted by molar-refractivity contribution is 5.89. The molecule has 2 heterocycles. The third-order valence-electron chi connectivity index (χ3n) is 15.4. The molecule has 0 amide bonds. The van der Waals surface area contributed by atoms with E-state index in [0.29, 0.717) is 5.92 Å². The summed E-state index contributed by atoms with van der Waals surface area (Å²) in [4.78, 5) is 5.51. The number of fused-ring (bicyclic) bond motifs is 2. The standard InChI is InChI=1S/C69H73N4/c1-41(2)51-30-29-46(11)61(35-51)69-71(14)65-40-52(31-32-64(65)73(69)67-57(44(7)8)38-54(39-58(67)45(9)10)50-25-19-16-20-26-50)59-33-48(13)60(34-47(59)12)68-70-62-27-21-22-28-63(62)72(68)66-55(42(3)4)36-53(37-56(66)43(5)6)49-23-17-15-18-24-49/h15-45H,1-14H3/q+1. The van der Waals surface area contributed by atoms with E-state index in [2.05, 4.69) is 268 Å². The number of aromatic nitrogens is 4. The summed E-state index contributed by atoms with van der Waals surface area (Å²) >= 11 is 0. The van der Waals surface area contributed by atoms with Gasteiger partial charge in [-0.25, -0.2) is 9.55 Å². The summed E-state index contributed by atoms with van der Waals surface area (Å²) in [6, 6.07) is 59.2. The van der Waals surface area contributed by atoms with Crippen LogP contribution in [0.25, 0.3) is 89.6 Å². The van der Waals surface area contributed by atoms with Gasteiger partial charge in [-0.3, -0.25) is 4.57 Å². The van der Waals surface area contributed by atoms with Crippen LogP contribution in [-0.2, 0) is 7.05 Å². The molecule has 0 aliphatic carbocycles. The van der Waals surface area contributed by atoms with E-state index in [-0.39, 0.29) is 23.7 Å². The van der Waals surface area contributed by atoms with E-state index in [1.165, 1.54) is 112 Å². The Balaban J connectivity index is 1.19. The molecule has 8 aromatic carbocycles. The Hall–Kier alpha value is -7.30. The molecule has 0 N–H and O–H groups in total. The molecule has 2 aromatic heterocycles. The van der Waals surface area contributed by atoms with Crippen LogP contribution in [0, 0.1) is 20.8 Å². The Morgan fingerprint density at radius 1 is 0.384 bits per heavy atom. The van der Waals surface area contributed by atoms with Crippen molar-refractivity contribution >= 4 is 22.1 Å². The highest BCUT2D eigenvalue weighted by atomic mass is 15.2. The summed E-state index contributed by atoms with van der Waals surface area (Å²) in [6.45, 7) is 30.1. The van der Waals surface area contributed by atoms with Crippen molar-refractivity contribution in [3.8, 4) is 67.5 Å². The molecule has 0 atom stereocenters. The number of nitrogens with zero attached hydrogens (tertiary/aromatic N) is 4. The predicted octanol–water partition coefficient (Wildman–Crippen LogP) is 18.7. The Morgan fingerprint density at radius 2 is 0.877 bits per heavy atom. The molecule has 0 saturated carbocycles. The van der Waals surface area contributed by atoms with Crippen LogP contribution in [-0.4, -0.2) is 14.1 Å². The Labute approximate surface area is 435 Å². The van der Waals surface area contributed by atoms with Crippen molar-refractivity contribution in [1.29, 1.82) is 0 Å². The van der Waals surface area contributed by atoms with Crippen LogP contribution >= 0.6 is 0 Å². The number of aryl methyl sites for hydroxylation is 4. The lowest BCUT2D eigenvalue weighted by Gasteiger charge is -2.25. The summed E-state index contributed by atoms with van der Waals surface area (Å²) in [5.74, 6) is 3.72. The van der Waals surface area contributed by atoms with Gasteiger partial charge in [0.05, 0.1) is 29.3 Å². The van der Waals surface area contributed by atoms with Crippen molar-refractivity contribution in [2.75, 3.05) is 0 Å². The van der Waals surface area contributed by atoms with Crippen LogP contribution < -0.4 is 4.57 Å². The number of benzene rings is 8. The molecule has 0 bridgehead atoms. The van der Waals surface area contributed by atoms with Crippen LogP contribution in [0.15, 0.2) is 158 Å². The van der Waals surface area contributed by atoms with E-state index in [9.17, 15) is 0 Å². The molecule has 4 nitrogen and oxygen atoms in total. The maximum absolute atomic E-state index is 5.51. The zero-order valence-corrected chi connectivity index (χ0v) is 45.7. The number of hydrogen-bond acceptors (Lipinski definition) is 1. The van der Waals surface area contributed by atoms with Gasteiger partial charge in [0.2, 0.25) is 0 Å². The molecule has 0 unspecified atom stereocenters. The molecular weight excluding hydrogens is 885 g/mol. The lowest BCUT2D eigenvalue weighted by Crippen LogP contribution is -2.30. The van der Waals surface area contributed by atoms with Gasteiger partial charge in [-0.1, -0.05) is 160 Å². The number of imidazole rings is 2. The molecule has 10 rings (SSSR count). The minimum Gasteiger partial charge on any atom is -0.292 e. The fourth-order valence-electron chi connectivity index (χ4n) is 11.3. The van der Waals surface area contributed by atoms with E-state index in [1.807, 2.05) is 0 Å². The summed E-state index contributed by atoms with van der Waals surface area (Å²) < 4.78 is 7.55. The third-order valence-corrected chi connectivity index (χ3v) is 15.4. The largest absolute Gasteiger partial charge is 0.295 e. The topological polar surface area (TPSA) is 26.6 Å². The first-order chi connectivity index (χ1) is 35.0. The fourth-order valence-corrected chi connectivity index (χ4v) is 11.3. The molecule has 0 aliphatic heterocycles. The minimum atomic E-state index is 0.285. The van der Waals surface area contributed by atoms with Gasteiger partial charge in [-0.15, -0.1) is 0 Å². The smallest absolute Gasteiger partial charge is 0.292 e. The summed E-state index contributed by atoms with van der Waals surface area (Å²) in [5, 5.41) is 0. The molecule has 0 radical (unpaired) electrons. The molecule has 73 heavy (non-hydrogen) atoms. The molecule has 10 aromatic rings.